The lowest BCUT2D eigenvalue weighted by Crippen LogP contribution is -2.13. The van der Waals surface area contributed by atoms with E-state index in [0.29, 0.717) is 10.9 Å². The maximum atomic E-state index is 12.1. The van der Waals surface area contributed by atoms with Crippen LogP contribution in [0.4, 0.5) is 5.13 Å². The van der Waals surface area contributed by atoms with Crippen molar-refractivity contribution in [2.75, 3.05) is 11.1 Å². The van der Waals surface area contributed by atoms with E-state index in [1.165, 1.54) is 28.7 Å². The van der Waals surface area contributed by atoms with Crippen molar-refractivity contribution in [2.24, 2.45) is 0 Å². The first kappa shape index (κ1) is 17.2. The van der Waals surface area contributed by atoms with Gasteiger partial charge in [0.05, 0.1) is 11.4 Å². The van der Waals surface area contributed by atoms with Crippen molar-refractivity contribution in [2.45, 2.75) is 11.8 Å². The van der Waals surface area contributed by atoms with Crippen LogP contribution in [0.25, 0.3) is 11.3 Å². The number of rotatable bonds is 5. The molecule has 0 aliphatic carbocycles. The zero-order chi connectivity index (χ0) is 16.9. The fourth-order valence-corrected chi connectivity index (χ4v) is 3.72. The highest BCUT2D eigenvalue weighted by atomic mass is 79.9. The number of hydrogen-bond donors (Lipinski definition) is 1. The van der Waals surface area contributed by atoms with Crippen LogP contribution in [0.15, 0.2) is 63.3 Å². The molecular formula is C18H15BrN2OS2. The molecule has 0 aliphatic rings. The van der Waals surface area contributed by atoms with Gasteiger partial charge in [-0.1, -0.05) is 45.8 Å². The minimum absolute atomic E-state index is 0.0484. The van der Waals surface area contributed by atoms with Gasteiger partial charge in [-0.25, -0.2) is 4.98 Å². The average molecular weight is 419 g/mol. The van der Waals surface area contributed by atoms with E-state index in [1.54, 1.807) is 0 Å². The number of anilines is 1. The zero-order valence-corrected chi connectivity index (χ0v) is 16.2. The van der Waals surface area contributed by atoms with Crippen LogP contribution in [0, 0.1) is 6.92 Å². The Morgan fingerprint density at radius 1 is 1.17 bits per heavy atom. The maximum absolute atomic E-state index is 12.1. The molecule has 0 aliphatic heterocycles. The summed E-state index contributed by atoms with van der Waals surface area (Å²) in [6.07, 6.45) is 0. The van der Waals surface area contributed by atoms with Gasteiger partial charge in [-0.15, -0.1) is 23.1 Å². The van der Waals surface area contributed by atoms with Crippen molar-refractivity contribution in [1.29, 1.82) is 0 Å². The van der Waals surface area contributed by atoms with Crippen molar-refractivity contribution >= 4 is 50.1 Å². The fourth-order valence-electron chi connectivity index (χ4n) is 2.02. The third kappa shape index (κ3) is 4.69. The number of aromatic nitrogens is 1. The van der Waals surface area contributed by atoms with Gasteiger partial charge in [0.15, 0.2) is 5.13 Å². The Bertz CT molecular complexity index is 829. The molecule has 3 rings (SSSR count). The highest BCUT2D eigenvalue weighted by molar-refractivity contribution is 9.10. The fraction of sp³-hybridized carbons (Fsp3) is 0.111. The largest absolute Gasteiger partial charge is 0.301 e. The van der Waals surface area contributed by atoms with Gasteiger partial charge in [0, 0.05) is 20.3 Å². The second kappa shape index (κ2) is 7.96. The molecule has 0 radical (unpaired) electrons. The third-order valence-electron chi connectivity index (χ3n) is 3.28. The summed E-state index contributed by atoms with van der Waals surface area (Å²) in [5, 5.41) is 5.46. The predicted molar refractivity (Wildman–Crippen MR) is 106 cm³/mol. The first-order valence-corrected chi connectivity index (χ1v) is 9.97. The average Bonchev–Trinajstić information content (AvgIpc) is 3.03. The van der Waals surface area contributed by atoms with Gasteiger partial charge in [0.2, 0.25) is 5.91 Å². The Kier molecular flexibility index (Phi) is 5.71. The molecule has 0 atom stereocenters. The van der Waals surface area contributed by atoms with Crippen LogP contribution in [0.3, 0.4) is 0 Å². The van der Waals surface area contributed by atoms with Gasteiger partial charge >= 0.3 is 0 Å². The molecule has 1 N–H and O–H groups in total. The molecule has 6 heteroatoms. The maximum Gasteiger partial charge on any atom is 0.236 e. The molecule has 0 fully saturated rings. The van der Waals surface area contributed by atoms with Crippen LogP contribution in [-0.4, -0.2) is 16.6 Å². The normalized spacial score (nSPS) is 10.6. The van der Waals surface area contributed by atoms with Crippen LogP contribution in [0.1, 0.15) is 5.56 Å². The molecule has 3 nitrogen and oxygen atoms in total. The Labute approximate surface area is 157 Å². The molecule has 122 valence electrons. The van der Waals surface area contributed by atoms with Gasteiger partial charge in [-0.2, -0.15) is 0 Å². The summed E-state index contributed by atoms with van der Waals surface area (Å²) in [6, 6.07) is 16.1. The van der Waals surface area contributed by atoms with Crippen molar-refractivity contribution < 1.29 is 4.79 Å². The van der Waals surface area contributed by atoms with Crippen LogP contribution in [0.5, 0.6) is 0 Å². The molecule has 3 aromatic rings. The number of hydrogen-bond acceptors (Lipinski definition) is 4. The number of nitrogens with zero attached hydrogens (tertiary/aromatic N) is 1. The first-order valence-electron chi connectivity index (χ1n) is 7.31. The van der Waals surface area contributed by atoms with Crippen molar-refractivity contribution in [3.05, 3.63) is 63.9 Å². The second-order valence-electron chi connectivity index (χ2n) is 5.19. The lowest BCUT2D eigenvalue weighted by Gasteiger charge is -2.02. The molecule has 0 bridgehead atoms. The van der Waals surface area contributed by atoms with Crippen LogP contribution in [0.2, 0.25) is 0 Å². The van der Waals surface area contributed by atoms with Crippen LogP contribution >= 0.6 is 39.0 Å². The predicted octanol–water partition coefficient (Wildman–Crippen LogP) is 5.61. The summed E-state index contributed by atoms with van der Waals surface area (Å²) in [4.78, 5) is 17.6. The first-order chi connectivity index (χ1) is 11.6. The highest BCUT2D eigenvalue weighted by Crippen LogP contribution is 2.26. The van der Waals surface area contributed by atoms with E-state index in [-0.39, 0.29) is 5.91 Å². The Morgan fingerprint density at radius 3 is 2.58 bits per heavy atom. The van der Waals surface area contributed by atoms with Crippen molar-refractivity contribution in [3.63, 3.8) is 0 Å². The van der Waals surface area contributed by atoms with Crippen LogP contribution < -0.4 is 5.32 Å². The molecule has 0 saturated heterocycles. The number of halogens is 1. The van der Waals surface area contributed by atoms with Gasteiger partial charge in [0.25, 0.3) is 0 Å². The molecule has 1 aromatic heterocycles. The Balaban J connectivity index is 1.57. The molecule has 1 heterocycles. The summed E-state index contributed by atoms with van der Waals surface area (Å²) in [6.45, 7) is 2.06. The smallest absolute Gasteiger partial charge is 0.236 e. The molecule has 0 saturated carbocycles. The highest BCUT2D eigenvalue weighted by Gasteiger charge is 2.08. The van der Waals surface area contributed by atoms with Gasteiger partial charge < -0.3 is 5.32 Å². The number of amides is 1. The number of thioether (sulfide) groups is 1. The van der Waals surface area contributed by atoms with Gasteiger partial charge in [-0.3, -0.25) is 4.79 Å². The molecule has 0 unspecified atom stereocenters. The second-order valence-corrected chi connectivity index (χ2v) is 8.02. The summed E-state index contributed by atoms with van der Waals surface area (Å²) in [7, 11) is 0. The standard InChI is InChI=1S/C18H15BrN2OS2/c1-12-2-4-13(5-3-12)16-10-24-18(20-16)21-17(22)11-23-15-8-6-14(19)7-9-15/h2-10H,11H2,1H3,(H,20,21,22). The minimum Gasteiger partial charge on any atom is -0.301 e. The summed E-state index contributed by atoms with van der Waals surface area (Å²) < 4.78 is 1.03. The van der Waals surface area contributed by atoms with E-state index >= 15 is 0 Å². The minimum atomic E-state index is -0.0484. The summed E-state index contributed by atoms with van der Waals surface area (Å²) in [5.74, 6) is 0.314. The lowest BCUT2D eigenvalue weighted by atomic mass is 10.1. The number of carbonyl (C=O) groups is 1. The number of aryl methyl sites for hydroxylation is 1. The Morgan fingerprint density at radius 2 is 1.88 bits per heavy atom. The molecule has 1 amide bonds. The van der Waals surface area contributed by atoms with Crippen molar-refractivity contribution in [1.82, 2.24) is 4.98 Å². The number of benzene rings is 2. The molecule has 0 spiro atoms. The number of nitrogens with one attached hydrogen (secondary N) is 1. The SMILES string of the molecule is Cc1ccc(-c2csc(NC(=O)CSc3ccc(Br)cc3)n2)cc1. The van der Waals surface area contributed by atoms with Crippen LogP contribution in [-0.2, 0) is 4.79 Å². The molecular weight excluding hydrogens is 404 g/mol. The van der Waals surface area contributed by atoms with E-state index in [9.17, 15) is 4.79 Å². The third-order valence-corrected chi connectivity index (χ3v) is 5.58. The topological polar surface area (TPSA) is 42.0 Å². The zero-order valence-electron chi connectivity index (χ0n) is 13.0. The summed E-state index contributed by atoms with van der Waals surface area (Å²) >= 11 is 6.35. The molecule has 24 heavy (non-hydrogen) atoms. The van der Waals surface area contributed by atoms with Crippen molar-refractivity contribution in [3.8, 4) is 11.3 Å². The van der Waals surface area contributed by atoms with E-state index < -0.39 is 0 Å². The molecule has 2 aromatic carbocycles. The van der Waals surface area contributed by atoms with E-state index in [0.717, 1.165) is 20.6 Å². The van der Waals surface area contributed by atoms with Gasteiger partial charge in [-0.05, 0) is 31.2 Å². The van der Waals surface area contributed by atoms with E-state index in [1.807, 2.05) is 41.8 Å². The van der Waals surface area contributed by atoms with E-state index in [2.05, 4.69) is 45.3 Å². The van der Waals surface area contributed by atoms with Gasteiger partial charge in [0.1, 0.15) is 0 Å². The lowest BCUT2D eigenvalue weighted by molar-refractivity contribution is -0.113. The number of carbonyl (C=O) groups excluding carboxylic acids is 1. The number of thiazole rings is 1. The summed E-state index contributed by atoms with van der Waals surface area (Å²) in [5.41, 5.74) is 3.16. The Hall–Kier alpha value is -1.63. The monoisotopic (exact) mass is 418 g/mol. The van der Waals surface area contributed by atoms with E-state index in [4.69, 9.17) is 0 Å². The quantitative estimate of drug-likeness (QED) is 0.547.